The zero-order chi connectivity index (χ0) is 9.97. The van der Waals surface area contributed by atoms with E-state index in [1.807, 2.05) is 29.6 Å². The molecule has 1 heterocycles. The molecule has 1 aromatic carbocycles. The van der Waals surface area contributed by atoms with Crippen molar-refractivity contribution in [2.75, 3.05) is 0 Å². The molecule has 0 atom stereocenters. The second-order valence-electron chi connectivity index (χ2n) is 2.85. The van der Waals surface area contributed by atoms with E-state index in [1.165, 1.54) is 11.5 Å². The molecule has 0 saturated carbocycles. The molecule has 4 heteroatoms. The van der Waals surface area contributed by atoms with Crippen molar-refractivity contribution >= 4 is 23.1 Å². The molecule has 0 amide bonds. The van der Waals surface area contributed by atoms with Crippen LogP contribution in [-0.2, 0) is 6.61 Å². The first-order valence-electron chi connectivity index (χ1n) is 4.11. The first-order valence-corrected chi connectivity index (χ1v) is 5.33. The van der Waals surface area contributed by atoms with Gasteiger partial charge < -0.3 is 5.11 Å². The molecule has 2 rings (SSSR count). The van der Waals surface area contributed by atoms with E-state index in [0.29, 0.717) is 5.02 Å². The fraction of sp³-hybridized carbons (Fsp3) is 0.100. The third kappa shape index (κ3) is 1.80. The summed E-state index contributed by atoms with van der Waals surface area (Å²) in [5, 5.41) is 11.6. The number of halogens is 1. The number of hydrogen-bond donors (Lipinski definition) is 1. The molecule has 0 aliphatic rings. The van der Waals surface area contributed by atoms with Crippen molar-refractivity contribution in [3.05, 3.63) is 40.2 Å². The minimum atomic E-state index is 0.0223. The molecular weight excluding hydrogens is 218 g/mol. The van der Waals surface area contributed by atoms with Gasteiger partial charge in [-0.25, -0.2) is 0 Å². The quantitative estimate of drug-likeness (QED) is 0.853. The molecule has 14 heavy (non-hydrogen) atoms. The highest BCUT2D eigenvalue weighted by atomic mass is 35.5. The fourth-order valence-corrected chi connectivity index (χ4v) is 2.04. The zero-order valence-electron chi connectivity index (χ0n) is 7.27. The maximum Gasteiger partial charge on any atom is 0.0895 e. The second-order valence-corrected chi connectivity index (χ2v) is 3.92. The number of nitrogens with zero attached hydrogens (tertiary/aromatic N) is 1. The van der Waals surface area contributed by atoms with Crippen molar-refractivity contribution in [1.29, 1.82) is 0 Å². The fourth-order valence-electron chi connectivity index (χ4n) is 1.22. The largest absolute Gasteiger partial charge is 0.392 e. The molecule has 72 valence electrons. The van der Waals surface area contributed by atoms with Crippen LogP contribution in [0.5, 0.6) is 0 Å². The number of aliphatic hydroxyl groups is 1. The molecule has 0 bridgehead atoms. The van der Waals surface area contributed by atoms with E-state index in [-0.39, 0.29) is 6.61 Å². The first-order chi connectivity index (χ1) is 6.81. The van der Waals surface area contributed by atoms with E-state index in [1.54, 1.807) is 0 Å². The lowest BCUT2D eigenvalue weighted by atomic mass is 10.1. The van der Waals surface area contributed by atoms with Crippen LogP contribution in [0.1, 0.15) is 5.56 Å². The number of aliphatic hydroxyl groups excluding tert-OH is 1. The molecular formula is C10H8ClNOS. The average Bonchev–Trinajstić information content (AvgIpc) is 2.67. The van der Waals surface area contributed by atoms with E-state index in [2.05, 4.69) is 4.37 Å². The Hall–Kier alpha value is -0.900. The summed E-state index contributed by atoms with van der Waals surface area (Å²) in [6.07, 6.45) is 0. The summed E-state index contributed by atoms with van der Waals surface area (Å²) < 4.78 is 4.23. The Morgan fingerprint density at radius 2 is 2.00 bits per heavy atom. The Bertz CT molecular complexity index is 424. The van der Waals surface area contributed by atoms with Crippen LogP contribution in [0, 0.1) is 0 Å². The van der Waals surface area contributed by atoms with Gasteiger partial charge in [0.05, 0.1) is 12.3 Å². The Balaban J connectivity index is 2.44. The molecule has 0 aliphatic carbocycles. The minimum absolute atomic E-state index is 0.0223. The van der Waals surface area contributed by atoms with Gasteiger partial charge in [0.1, 0.15) is 0 Å². The van der Waals surface area contributed by atoms with Crippen molar-refractivity contribution in [1.82, 2.24) is 4.37 Å². The Morgan fingerprint density at radius 1 is 1.29 bits per heavy atom. The lowest BCUT2D eigenvalue weighted by molar-refractivity contribution is 0.282. The highest BCUT2D eigenvalue weighted by molar-refractivity contribution is 7.04. The molecule has 0 aliphatic heterocycles. The van der Waals surface area contributed by atoms with Crippen LogP contribution in [0.15, 0.2) is 29.6 Å². The van der Waals surface area contributed by atoms with E-state index in [4.69, 9.17) is 16.7 Å². The number of aromatic nitrogens is 1. The normalized spacial score (nSPS) is 10.4. The molecule has 0 fully saturated rings. The summed E-state index contributed by atoms with van der Waals surface area (Å²) in [6.45, 7) is 0.0223. The predicted octanol–water partition coefficient (Wildman–Crippen LogP) is 2.96. The van der Waals surface area contributed by atoms with Crippen LogP contribution >= 0.6 is 23.1 Å². The van der Waals surface area contributed by atoms with E-state index in [0.717, 1.165) is 16.8 Å². The summed E-state index contributed by atoms with van der Waals surface area (Å²) in [5.74, 6) is 0. The standard InChI is InChI=1S/C10H8ClNOS/c11-9-3-1-7(2-4-9)10-8(5-13)6-14-12-10/h1-4,6,13H,5H2. The van der Waals surface area contributed by atoms with Crippen LogP contribution in [0.4, 0.5) is 0 Å². The van der Waals surface area contributed by atoms with E-state index < -0.39 is 0 Å². The third-order valence-corrected chi connectivity index (χ3v) is 2.86. The zero-order valence-corrected chi connectivity index (χ0v) is 8.85. The lowest BCUT2D eigenvalue weighted by Gasteiger charge is -1.99. The van der Waals surface area contributed by atoms with Gasteiger partial charge in [-0.1, -0.05) is 23.7 Å². The summed E-state index contributed by atoms with van der Waals surface area (Å²) in [7, 11) is 0. The molecule has 2 aromatic rings. The van der Waals surface area contributed by atoms with Gasteiger partial charge in [0.25, 0.3) is 0 Å². The molecule has 0 saturated heterocycles. The van der Waals surface area contributed by atoms with Crippen LogP contribution in [0.2, 0.25) is 5.02 Å². The van der Waals surface area contributed by atoms with Gasteiger partial charge in [-0.3, -0.25) is 0 Å². The molecule has 2 nitrogen and oxygen atoms in total. The Labute approximate surface area is 91.0 Å². The van der Waals surface area contributed by atoms with Crippen LogP contribution in [0.25, 0.3) is 11.3 Å². The second kappa shape index (κ2) is 4.09. The summed E-state index contributed by atoms with van der Waals surface area (Å²) in [6, 6.07) is 7.43. The average molecular weight is 226 g/mol. The van der Waals surface area contributed by atoms with Gasteiger partial charge >= 0.3 is 0 Å². The monoisotopic (exact) mass is 225 g/mol. The number of benzene rings is 1. The van der Waals surface area contributed by atoms with Crippen molar-refractivity contribution in [3.8, 4) is 11.3 Å². The van der Waals surface area contributed by atoms with E-state index >= 15 is 0 Å². The van der Waals surface area contributed by atoms with Gasteiger partial charge in [0.2, 0.25) is 0 Å². The SMILES string of the molecule is OCc1csnc1-c1ccc(Cl)cc1. The van der Waals surface area contributed by atoms with Crippen molar-refractivity contribution < 1.29 is 5.11 Å². The lowest BCUT2D eigenvalue weighted by Crippen LogP contribution is -1.85. The van der Waals surface area contributed by atoms with Crippen LogP contribution in [0.3, 0.4) is 0 Å². The predicted molar refractivity (Wildman–Crippen MR) is 58.5 cm³/mol. The van der Waals surface area contributed by atoms with Crippen molar-refractivity contribution in [2.24, 2.45) is 0 Å². The highest BCUT2D eigenvalue weighted by Crippen LogP contribution is 2.25. The van der Waals surface area contributed by atoms with Crippen LogP contribution in [-0.4, -0.2) is 9.48 Å². The topological polar surface area (TPSA) is 33.1 Å². The minimum Gasteiger partial charge on any atom is -0.392 e. The number of hydrogen-bond acceptors (Lipinski definition) is 3. The van der Waals surface area contributed by atoms with Gasteiger partial charge in [-0.15, -0.1) is 0 Å². The third-order valence-electron chi connectivity index (χ3n) is 1.93. The highest BCUT2D eigenvalue weighted by Gasteiger charge is 2.06. The molecule has 1 N–H and O–H groups in total. The van der Waals surface area contributed by atoms with Gasteiger partial charge in [0, 0.05) is 21.5 Å². The first kappa shape index (κ1) is 9.65. The van der Waals surface area contributed by atoms with Gasteiger partial charge in [-0.05, 0) is 23.7 Å². The molecule has 1 aromatic heterocycles. The van der Waals surface area contributed by atoms with Gasteiger partial charge in [-0.2, -0.15) is 4.37 Å². The maximum absolute atomic E-state index is 9.06. The van der Waals surface area contributed by atoms with Crippen LogP contribution < -0.4 is 0 Å². The Kier molecular flexibility index (Phi) is 2.82. The van der Waals surface area contributed by atoms with Crippen molar-refractivity contribution in [3.63, 3.8) is 0 Å². The molecule has 0 unspecified atom stereocenters. The van der Waals surface area contributed by atoms with Gasteiger partial charge in [0.15, 0.2) is 0 Å². The Morgan fingerprint density at radius 3 is 2.64 bits per heavy atom. The summed E-state index contributed by atoms with van der Waals surface area (Å²) >= 11 is 7.13. The number of rotatable bonds is 2. The summed E-state index contributed by atoms with van der Waals surface area (Å²) in [5.41, 5.74) is 2.69. The smallest absolute Gasteiger partial charge is 0.0895 e. The molecule has 0 radical (unpaired) electrons. The van der Waals surface area contributed by atoms with Crippen molar-refractivity contribution in [2.45, 2.75) is 6.61 Å². The molecule has 0 spiro atoms. The summed E-state index contributed by atoms with van der Waals surface area (Å²) in [4.78, 5) is 0. The maximum atomic E-state index is 9.06. The van der Waals surface area contributed by atoms with E-state index in [9.17, 15) is 0 Å².